The Morgan fingerprint density at radius 2 is 2.00 bits per heavy atom. The number of primary amides is 1. The van der Waals surface area contributed by atoms with Crippen molar-refractivity contribution in [3.05, 3.63) is 24.3 Å². The van der Waals surface area contributed by atoms with Crippen LogP contribution in [0.15, 0.2) is 24.3 Å². The van der Waals surface area contributed by atoms with Gasteiger partial charge in [0.2, 0.25) is 0 Å². The molecule has 0 aromatic heterocycles. The number of para-hydroxylation sites is 2. The predicted octanol–water partition coefficient (Wildman–Crippen LogP) is 0.609. The quantitative estimate of drug-likeness (QED) is 0.820. The number of carbonyl (C=O) groups excluding carboxylic acids is 3. The number of hydrogen-bond acceptors (Lipinski definition) is 5. The van der Waals surface area contributed by atoms with Crippen LogP contribution >= 0.6 is 0 Å². The number of amides is 2. The van der Waals surface area contributed by atoms with Crippen LogP contribution in [0.2, 0.25) is 0 Å². The molecule has 7 heteroatoms. The van der Waals surface area contributed by atoms with Gasteiger partial charge in [0.1, 0.15) is 5.75 Å². The third-order valence-corrected chi connectivity index (χ3v) is 4.17. The number of fused-ring (bicyclic) bond motifs is 1. The minimum Gasteiger partial charge on any atom is -0.477 e. The highest BCUT2D eigenvalue weighted by Gasteiger charge is 2.33. The van der Waals surface area contributed by atoms with Crippen LogP contribution in [0.4, 0.5) is 5.69 Å². The second kappa shape index (κ2) is 6.28. The highest BCUT2D eigenvalue weighted by molar-refractivity contribution is 5.98. The highest BCUT2D eigenvalue weighted by atomic mass is 16.5. The molecule has 1 aromatic rings. The van der Waals surface area contributed by atoms with E-state index < -0.39 is 17.9 Å². The van der Waals surface area contributed by atoms with Crippen molar-refractivity contribution in [3.63, 3.8) is 0 Å². The van der Waals surface area contributed by atoms with E-state index in [0.717, 1.165) is 19.3 Å². The number of carbonyl (C=O) groups is 3. The molecule has 0 spiro atoms. The summed E-state index contributed by atoms with van der Waals surface area (Å²) in [5, 5.41) is 0. The van der Waals surface area contributed by atoms with E-state index in [9.17, 15) is 14.4 Å². The zero-order valence-electron chi connectivity index (χ0n) is 12.6. The summed E-state index contributed by atoms with van der Waals surface area (Å²) in [6.45, 7) is -0.346. The van der Waals surface area contributed by atoms with Crippen molar-refractivity contribution >= 4 is 23.5 Å². The third-order valence-electron chi connectivity index (χ3n) is 4.17. The van der Waals surface area contributed by atoms with E-state index in [2.05, 4.69) is 0 Å². The van der Waals surface area contributed by atoms with Gasteiger partial charge in [-0.25, -0.2) is 0 Å². The van der Waals surface area contributed by atoms with Crippen LogP contribution in [0.5, 0.6) is 5.75 Å². The molecule has 2 N–H and O–H groups in total. The zero-order chi connectivity index (χ0) is 16.4. The van der Waals surface area contributed by atoms with Gasteiger partial charge < -0.3 is 20.1 Å². The Morgan fingerprint density at radius 1 is 1.26 bits per heavy atom. The van der Waals surface area contributed by atoms with E-state index in [1.807, 2.05) is 0 Å². The van der Waals surface area contributed by atoms with Crippen molar-refractivity contribution in [2.75, 3.05) is 18.1 Å². The van der Waals surface area contributed by atoms with Crippen molar-refractivity contribution in [2.24, 2.45) is 11.7 Å². The summed E-state index contributed by atoms with van der Waals surface area (Å²) in [5.41, 5.74) is 5.82. The van der Waals surface area contributed by atoms with E-state index in [0.29, 0.717) is 11.4 Å². The van der Waals surface area contributed by atoms with E-state index in [1.165, 1.54) is 4.90 Å². The van der Waals surface area contributed by atoms with Gasteiger partial charge in [-0.05, 0) is 25.0 Å². The Balaban J connectivity index is 1.70. The average molecular weight is 318 g/mol. The van der Waals surface area contributed by atoms with E-state index >= 15 is 0 Å². The molecule has 1 heterocycles. The van der Waals surface area contributed by atoms with Gasteiger partial charge in [-0.3, -0.25) is 14.4 Å². The molecular weight excluding hydrogens is 300 g/mol. The summed E-state index contributed by atoms with van der Waals surface area (Å²) < 4.78 is 10.6. The molecule has 122 valence electrons. The zero-order valence-corrected chi connectivity index (χ0v) is 12.6. The molecule has 0 bridgehead atoms. The molecule has 2 aliphatic rings. The Hall–Kier alpha value is -2.57. The van der Waals surface area contributed by atoms with E-state index in [1.54, 1.807) is 24.3 Å². The first-order valence-corrected chi connectivity index (χ1v) is 7.58. The van der Waals surface area contributed by atoms with Crippen molar-refractivity contribution in [3.8, 4) is 5.75 Å². The number of nitrogens with two attached hydrogens (primary N) is 1. The van der Waals surface area contributed by atoms with Crippen LogP contribution in [0, 0.1) is 5.92 Å². The lowest BCUT2D eigenvalue weighted by Crippen LogP contribution is -2.50. The van der Waals surface area contributed by atoms with Crippen LogP contribution < -0.4 is 15.4 Å². The summed E-state index contributed by atoms with van der Waals surface area (Å²) in [5.74, 6) is -1.07. The number of ether oxygens (including phenoxy) is 2. The summed E-state index contributed by atoms with van der Waals surface area (Å²) in [4.78, 5) is 36.9. The molecule has 2 amide bonds. The van der Waals surface area contributed by atoms with E-state index in [-0.39, 0.29) is 25.0 Å². The topological polar surface area (TPSA) is 98.9 Å². The molecular formula is C16H18N2O5. The minimum absolute atomic E-state index is 0.00611. The number of anilines is 1. The van der Waals surface area contributed by atoms with Crippen LogP contribution in [0.1, 0.15) is 19.3 Å². The summed E-state index contributed by atoms with van der Waals surface area (Å²) >= 11 is 0. The standard InChI is InChI=1S/C16H18N2O5/c17-15(20)13-8-18(11-6-1-2-7-12(11)23-13)14(19)9-22-16(21)10-4-3-5-10/h1-2,6-7,10,13H,3-5,8-9H2,(H2,17,20)/t13-/m1/s1. The van der Waals surface area contributed by atoms with Gasteiger partial charge >= 0.3 is 5.97 Å². The van der Waals surface area contributed by atoms with Gasteiger partial charge in [0, 0.05) is 0 Å². The smallest absolute Gasteiger partial charge is 0.309 e. The highest BCUT2D eigenvalue weighted by Crippen LogP contribution is 2.33. The number of nitrogens with zero attached hydrogens (tertiary/aromatic N) is 1. The molecule has 1 saturated carbocycles. The third kappa shape index (κ3) is 3.13. The summed E-state index contributed by atoms with van der Waals surface area (Å²) in [6.07, 6.45) is 1.73. The molecule has 0 unspecified atom stereocenters. The first-order chi connectivity index (χ1) is 11.1. The maximum Gasteiger partial charge on any atom is 0.309 e. The molecule has 1 aliphatic heterocycles. The first-order valence-electron chi connectivity index (χ1n) is 7.58. The molecule has 23 heavy (non-hydrogen) atoms. The monoisotopic (exact) mass is 318 g/mol. The Labute approximate surface area is 133 Å². The maximum absolute atomic E-state index is 12.4. The number of hydrogen-bond donors (Lipinski definition) is 1. The predicted molar refractivity (Wildman–Crippen MR) is 80.7 cm³/mol. The SMILES string of the molecule is NC(=O)[C@H]1CN(C(=O)COC(=O)C2CCC2)c2ccccc2O1. The number of benzene rings is 1. The van der Waals surface area contributed by atoms with Crippen LogP contribution in [0.3, 0.4) is 0 Å². The van der Waals surface area contributed by atoms with Gasteiger partial charge in [0.15, 0.2) is 12.7 Å². The molecule has 7 nitrogen and oxygen atoms in total. The molecule has 0 saturated heterocycles. The lowest BCUT2D eigenvalue weighted by atomic mass is 9.86. The normalized spacial score (nSPS) is 20.0. The number of rotatable bonds is 4. The fraction of sp³-hybridized carbons (Fsp3) is 0.438. The maximum atomic E-state index is 12.4. The van der Waals surface area contributed by atoms with E-state index in [4.69, 9.17) is 15.2 Å². The fourth-order valence-corrected chi connectivity index (χ4v) is 2.59. The van der Waals surface area contributed by atoms with Crippen LogP contribution in [-0.2, 0) is 19.1 Å². The summed E-state index contributed by atoms with van der Waals surface area (Å²) in [6, 6.07) is 6.86. The van der Waals surface area contributed by atoms with Gasteiger partial charge in [0.25, 0.3) is 11.8 Å². The summed E-state index contributed by atoms with van der Waals surface area (Å²) in [7, 11) is 0. The molecule has 0 radical (unpaired) electrons. The largest absolute Gasteiger partial charge is 0.477 e. The second-order valence-corrected chi connectivity index (χ2v) is 5.72. The molecule has 1 aromatic carbocycles. The van der Waals surface area contributed by atoms with Gasteiger partial charge in [-0.2, -0.15) is 0 Å². The Bertz CT molecular complexity index is 641. The molecule has 1 aliphatic carbocycles. The Kier molecular flexibility index (Phi) is 4.18. The van der Waals surface area contributed by atoms with Crippen molar-refractivity contribution in [1.29, 1.82) is 0 Å². The molecule has 3 rings (SSSR count). The second-order valence-electron chi connectivity index (χ2n) is 5.72. The first kappa shape index (κ1) is 15.3. The van der Waals surface area contributed by atoms with Gasteiger partial charge in [0.05, 0.1) is 18.2 Å². The lowest BCUT2D eigenvalue weighted by Gasteiger charge is -2.33. The van der Waals surface area contributed by atoms with Gasteiger partial charge in [-0.15, -0.1) is 0 Å². The Morgan fingerprint density at radius 3 is 2.65 bits per heavy atom. The number of esters is 1. The van der Waals surface area contributed by atoms with Crippen molar-refractivity contribution < 1.29 is 23.9 Å². The van der Waals surface area contributed by atoms with Crippen molar-refractivity contribution in [1.82, 2.24) is 0 Å². The van der Waals surface area contributed by atoms with Crippen LogP contribution in [0.25, 0.3) is 0 Å². The van der Waals surface area contributed by atoms with Gasteiger partial charge in [-0.1, -0.05) is 18.6 Å². The minimum atomic E-state index is -0.920. The fourth-order valence-electron chi connectivity index (χ4n) is 2.59. The van der Waals surface area contributed by atoms with Crippen molar-refractivity contribution in [2.45, 2.75) is 25.4 Å². The lowest BCUT2D eigenvalue weighted by molar-refractivity contribution is -0.154. The van der Waals surface area contributed by atoms with Crippen LogP contribution in [-0.4, -0.2) is 37.0 Å². The molecule has 1 atom stereocenters. The average Bonchev–Trinajstić information content (AvgIpc) is 2.49. The molecule has 1 fully saturated rings.